The molecule has 0 spiro atoms. The second-order valence-corrected chi connectivity index (χ2v) is 18.2. The van der Waals surface area contributed by atoms with Gasteiger partial charge in [0.05, 0.1) is 12.3 Å². The van der Waals surface area contributed by atoms with Gasteiger partial charge in [-0.15, -0.1) is 0 Å². The number of hydrogen-bond acceptors (Lipinski definition) is 4. The summed E-state index contributed by atoms with van der Waals surface area (Å²) >= 11 is 3.55. The van der Waals surface area contributed by atoms with Crippen molar-refractivity contribution >= 4 is 43.5 Å². The van der Waals surface area contributed by atoms with Crippen LogP contribution in [-0.4, -0.2) is 64.4 Å². The fourth-order valence-corrected chi connectivity index (χ4v) is 6.75. The molecule has 232 valence electrons. The summed E-state index contributed by atoms with van der Waals surface area (Å²) < 4.78 is 23.4. The van der Waals surface area contributed by atoms with Crippen molar-refractivity contribution in [3.05, 3.63) is 69.5 Å². The van der Waals surface area contributed by atoms with Gasteiger partial charge in [0.15, 0.2) is 5.67 Å². The number of carbonyl (C=O) groups is 2. The lowest BCUT2D eigenvalue weighted by Crippen LogP contribution is -2.51. The molecule has 10 heteroatoms. The number of benzene rings is 2. The minimum atomic E-state index is -1.87. The first-order chi connectivity index (χ1) is 20.3. The zero-order valence-corrected chi connectivity index (χ0v) is 28.0. The summed E-state index contributed by atoms with van der Waals surface area (Å²) in [7, 11) is -0.608. The first-order valence-electron chi connectivity index (χ1n) is 14.8. The molecule has 2 aliphatic carbocycles. The molecule has 2 aliphatic rings. The number of nitrogens with one attached hydrogen (secondary N) is 2. The SMILES string of the molecule is Cc1nn(COCCS(C)(C)C)c(C)c1-c1ccc(NC(=O)[C@@H](NC(=O)C2(F)CC2)[C@@H]2CCCc3ccc(Br)cc32)cc1. The molecule has 2 atom stereocenters. The van der Waals surface area contributed by atoms with Crippen molar-refractivity contribution in [3.63, 3.8) is 0 Å². The molecule has 2 aromatic carbocycles. The van der Waals surface area contributed by atoms with Crippen molar-refractivity contribution in [1.82, 2.24) is 15.1 Å². The summed E-state index contributed by atoms with van der Waals surface area (Å²) in [6, 6.07) is 12.8. The van der Waals surface area contributed by atoms with Crippen LogP contribution in [0.1, 0.15) is 54.1 Å². The third-order valence-electron chi connectivity index (χ3n) is 8.41. The molecule has 43 heavy (non-hydrogen) atoms. The summed E-state index contributed by atoms with van der Waals surface area (Å²) in [4.78, 5) is 26.6. The zero-order valence-electron chi connectivity index (χ0n) is 25.6. The van der Waals surface area contributed by atoms with Gasteiger partial charge in [-0.2, -0.15) is 5.10 Å². The molecule has 2 amide bonds. The lowest BCUT2D eigenvalue weighted by molar-refractivity contribution is -0.131. The van der Waals surface area contributed by atoms with Crippen molar-refractivity contribution in [2.75, 3.05) is 36.4 Å². The number of aryl methyl sites for hydroxylation is 2. The van der Waals surface area contributed by atoms with E-state index in [1.54, 1.807) is 0 Å². The van der Waals surface area contributed by atoms with Crippen LogP contribution in [0.2, 0.25) is 0 Å². The highest BCUT2D eigenvalue weighted by Crippen LogP contribution is 2.41. The average Bonchev–Trinajstić information content (AvgIpc) is 3.65. The highest BCUT2D eigenvalue weighted by Gasteiger charge is 2.52. The van der Waals surface area contributed by atoms with Crippen LogP contribution in [0.25, 0.3) is 11.1 Å². The van der Waals surface area contributed by atoms with E-state index < -0.39 is 27.6 Å². The van der Waals surface area contributed by atoms with E-state index >= 15 is 0 Å². The predicted octanol–water partition coefficient (Wildman–Crippen LogP) is 6.64. The average molecular weight is 674 g/mol. The lowest BCUT2D eigenvalue weighted by Gasteiger charge is -2.32. The number of hydrogen-bond donors (Lipinski definition) is 2. The van der Waals surface area contributed by atoms with E-state index in [0.717, 1.165) is 63.1 Å². The molecule has 5 rings (SSSR count). The molecule has 3 aromatic rings. The van der Waals surface area contributed by atoms with Crippen molar-refractivity contribution in [1.29, 1.82) is 0 Å². The Morgan fingerprint density at radius 2 is 1.88 bits per heavy atom. The molecule has 1 aromatic heterocycles. The molecule has 0 saturated heterocycles. The second kappa shape index (κ2) is 12.7. The summed E-state index contributed by atoms with van der Waals surface area (Å²) in [6.07, 6.45) is 9.76. The van der Waals surface area contributed by atoms with Crippen LogP contribution in [0.3, 0.4) is 0 Å². The van der Waals surface area contributed by atoms with Crippen LogP contribution >= 0.6 is 26.0 Å². The van der Waals surface area contributed by atoms with E-state index in [9.17, 15) is 14.0 Å². The number of carbonyl (C=O) groups excluding carboxylic acids is 2. The van der Waals surface area contributed by atoms with Crippen LogP contribution in [-0.2, 0) is 27.5 Å². The van der Waals surface area contributed by atoms with E-state index in [1.807, 2.05) is 54.9 Å². The Morgan fingerprint density at radius 1 is 1.16 bits per heavy atom. The van der Waals surface area contributed by atoms with E-state index in [2.05, 4.69) is 51.4 Å². The Morgan fingerprint density at radius 3 is 2.56 bits per heavy atom. The van der Waals surface area contributed by atoms with Crippen LogP contribution in [0, 0.1) is 13.8 Å². The predicted molar refractivity (Wildman–Crippen MR) is 177 cm³/mol. The molecular formula is C33H42BrFN4O3S. The molecule has 1 fully saturated rings. The number of alkyl halides is 1. The minimum absolute atomic E-state index is 0.195. The quantitative estimate of drug-likeness (QED) is 0.224. The van der Waals surface area contributed by atoms with Gasteiger partial charge in [-0.25, -0.2) is 19.1 Å². The minimum Gasteiger partial charge on any atom is -0.358 e. The van der Waals surface area contributed by atoms with Gasteiger partial charge in [-0.1, -0.05) is 34.1 Å². The summed E-state index contributed by atoms with van der Waals surface area (Å²) in [6.45, 7) is 5.14. The Bertz CT molecular complexity index is 1500. The third-order valence-corrected chi connectivity index (χ3v) is 10.3. The summed E-state index contributed by atoms with van der Waals surface area (Å²) in [5.74, 6) is -0.250. The van der Waals surface area contributed by atoms with Gasteiger partial charge in [-0.05, 0) is 106 Å². The smallest absolute Gasteiger partial charge is 0.258 e. The Labute approximate surface area is 263 Å². The molecule has 1 saturated carbocycles. The van der Waals surface area contributed by atoms with Gasteiger partial charge >= 0.3 is 0 Å². The highest BCUT2D eigenvalue weighted by molar-refractivity contribution is 9.10. The molecule has 0 radical (unpaired) electrons. The largest absolute Gasteiger partial charge is 0.358 e. The number of fused-ring (bicyclic) bond motifs is 1. The molecule has 1 heterocycles. The number of anilines is 1. The van der Waals surface area contributed by atoms with E-state index in [0.29, 0.717) is 19.0 Å². The number of ether oxygens (including phenoxy) is 1. The van der Waals surface area contributed by atoms with Crippen molar-refractivity contribution in [2.45, 2.75) is 70.3 Å². The molecule has 0 bridgehead atoms. The van der Waals surface area contributed by atoms with Gasteiger partial charge in [0, 0.05) is 33.1 Å². The van der Waals surface area contributed by atoms with Crippen molar-refractivity contribution in [2.24, 2.45) is 0 Å². The number of aromatic nitrogens is 2. The van der Waals surface area contributed by atoms with Gasteiger partial charge in [0.25, 0.3) is 5.91 Å². The number of halogens is 2. The monoisotopic (exact) mass is 672 g/mol. The maximum atomic E-state index is 14.7. The van der Waals surface area contributed by atoms with Crippen LogP contribution in [0.5, 0.6) is 0 Å². The second-order valence-electron chi connectivity index (χ2n) is 12.7. The normalized spacial score (nSPS) is 18.4. The molecule has 7 nitrogen and oxygen atoms in total. The molecular weight excluding hydrogens is 631 g/mol. The fraction of sp³-hybridized carbons (Fsp3) is 0.485. The maximum absolute atomic E-state index is 14.7. The Balaban J connectivity index is 1.32. The van der Waals surface area contributed by atoms with Crippen molar-refractivity contribution < 1.29 is 18.7 Å². The van der Waals surface area contributed by atoms with Crippen molar-refractivity contribution in [3.8, 4) is 11.1 Å². The van der Waals surface area contributed by atoms with Gasteiger partial charge in [-0.3, -0.25) is 9.59 Å². The number of rotatable bonds is 11. The van der Waals surface area contributed by atoms with Gasteiger partial charge in [0.1, 0.15) is 12.8 Å². The van der Waals surface area contributed by atoms with Crippen LogP contribution in [0.15, 0.2) is 46.9 Å². The number of amides is 2. The zero-order chi connectivity index (χ0) is 30.9. The number of nitrogens with zero attached hydrogens (tertiary/aromatic N) is 2. The lowest BCUT2D eigenvalue weighted by atomic mass is 9.78. The molecule has 2 N–H and O–H groups in total. The highest BCUT2D eigenvalue weighted by atomic mass is 79.9. The molecule has 0 unspecified atom stereocenters. The summed E-state index contributed by atoms with van der Waals surface area (Å²) in [5, 5.41) is 10.5. The standard InChI is InChI=1S/C33H42BrFN4O3S/c1-21-29(22(2)39(38-21)20-42-17-18-43(3,4)5)24-10-13-26(14-11-24)36-31(40)30(37-32(41)33(35)15-16-33)27-8-6-7-23-9-12-25(34)19-28(23)27/h9-14,19,27,30H,6-8,15-18,20H2,1-5H3,(H,36,40)(H,37,41)/t27-,30+/m1/s1. The third kappa shape index (κ3) is 7.52. The van der Waals surface area contributed by atoms with Gasteiger partial charge < -0.3 is 15.4 Å². The molecule has 0 aliphatic heterocycles. The van der Waals surface area contributed by atoms with Crippen LogP contribution < -0.4 is 10.6 Å². The van der Waals surface area contributed by atoms with Gasteiger partial charge in [0.2, 0.25) is 5.91 Å². The van der Waals surface area contributed by atoms with E-state index in [-0.39, 0.29) is 24.7 Å². The Hall–Kier alpha value is -2.69. The first kappa shape index (κ1) is 31.7. The first-order valence-corrected chi connectivity index (χ1v) is 18.6. The van der Waals surface area contributed by atoms with E-state index in [4.69, 9.17) is 9.84 Å². The fourth-order valence-electron chi connectivity index (χ4n) is 5.75. The maximum Gasteiger partial charge on any atom is 0.258 e. The summed E-state index contributed by atoms with van der Waals surface area (Å²) in [5.41, 5.74) is 4.86. The Kier molecular flexibility index (Phi) is 9.40. The van der Waals surface area contributed by atoms with Crippen LogP contribution in [0.4, 0.5) is 10.1 Å². The topological polar surface area (TPSA) is 85.2 Å². The van der Waals surface area contributed by atoms with E-state index in [1.165, 1.54) is 0 Å².